The van der Waals surface area contributed by atoms with Crippen molar-refractivity contribution >= 4 is 34.3 Å². The average Bonchev–Trinajstić information content (AvgIpc) is 2.67. The summed E-state index contributed by atoms with van der Waals surface area (Å²) in [6.45, 7) is 8.86. The fraction of sp³-hybridized carbons (Fsp3) is 0.467. The van der Waals surface area contributed by atoms with Crippen molar-refractivity contribution in [2.75, 3.05) is 0 Å². The molecule has 2 rings (SSSR count). The van der Waals surface area contributed by atoms with E-state index in [2.05, 4.69) is 44.5 Å². The molecule has 1 nitrogen and oxygen atoms in total. The lowest BCUT2D eigenvalue weighted by atomic mass is 10.2. The Labute approximate surface area is 119 Å². The number of hydrogen-bond donors (Lipinski definition) is 0. The minimum absolute atomic E-state index is 0.435. The maximum Gasteiger partial charge on any atom is 0.0675 e. The molecule has 0 saturated carbocycles. The van der Waals surface area contributed by atoms with Crippen molar-refractivity contribution in [1.82, 2.24) is 4.57 Å². The van der Waals surface area contributed by atoms with Crippen molar-refractivity contribution in [2.24, 2.45) is 0 Å². The summed E-state index contributed by atoms with van der Waals surface area (Å²) in [5.74, 6) is 1.05. The SMILES string of the molecule is CC(C)SCc1cn(C(C)C)c2c(Cl)cccc12. The van der Waals surface area contributed by atoms with Crippen molar-refractivity contribution < 1.29 is 0 Å². The molecule has 98 valence electrons. The van der Waals surface area contributed by atoms with E-state index in [1.165, 1.54) is 16.5 Å². The molecule has 0 unspecified atom stereocenters. The Hall–Kier alpha value is -0.600. The summed E-state index contributed by atoms with van der Waals surface area (Å²) in [6, 6.07) is 6.63. The van der Waals surface area contributed by atoms with Gasteiger partial charge in [0.15, 0.2) is 0 Å². The number of benzene rings is 1. The van der Waals surface area contributed by atoms with Crippen LogP contribution in [-0.2, 0) is 5.75 Å². The van der Waals surface area contributed by atoms with Gasteiger partial charge in [0.25, 0.3) is 0 Å². The number of nitrogens with zero attached hydrogens (tertiary/aromatic N) is 1. The Morgan fingerprint density at radius 2 is 1.94 bits per heavy atom. The maximum atomic E-state index is 6.35. The molecule has 0 radical (unpaired) electrons. The highest BCUT2D eigenvalue weighted by molar-refractivity contribution is 7.99. The zero-order valence-electron chi connectivity index (χ0n) is 11.4. The quantitative estimate of drug-likeness (QED) is 0.714. The van der Waals surface area contributed by atoms with E-state index in [4.69, 9.17) is 11.6 Å². The van der Waals surface area contributed by atoms with Crippen LogP contribution in [0.4, 0.5) is 0 Å². The van der Waals surface area contributed by atoms with Crippen LogP contribution in [0.1, 0.15) is 39.3 Å². The van der Waals surface area contributed by atoms with Crippen LogP contribution in [0.25, 0.3) is 10.9 Å². The third-order valence-electron chi connectivity index (χ3n) is 3.01. The molecular weight excluding hydrogens is 262 g/mol. The lowest BCUT2D eigenvalue weighted by Crippen LogP contribution is -1.98. The highest BCUT2D eigenvalue weighted by Gasteiger charge is 2.13. The van der Waals surface area contributed by atoms with Crippen LogP contribution in [0.15, 0.2) is 24.4 Å². The fourth-order valence-electron chi connectivity index (χ4n) is 2.12. The molecule has 0 amide bonds. The largest absolute Gasteiger partial charge is 0.343 e. The maximum absolute atomic E-state index is 6.35. The van der Waals surface area contributed by atoms with E-state index in [0.29, 0.717) is 11.3 Å². The predicted octanol–water partition coefficient (Wildman–Crippen LogP) is 5.52. The van der Waals surface area contributed by atoms with Crippen LogP contribution < -0.4 is 0 Å². The first-order chi connectivity index (χ1) is 8.50. The number of para-hydroxylation sites is 1. The molecule has 18 heavy (non-hydrogen) atoms. The van der Waals surface area contributed by atoms with Crippen LogP contribution in [0.3, 0.4) is 0 Å². The van der Waals surface area contributed by atoms with Gasteiger partial charge < -0.3 is 4.57 Å². The molecule has 0 aliphatic carbocycles. The second kappa shape index (κ2) is 5.58. The van der Waals surface area contributed by atoms with Crippen LogP contribution in [0.2, 0.25) is 5.02 Å². The third-order valence-corrected chi connectivity index (χ3v) is 4.46. The normalized spacial score (nSPS) is 11.9. The molecule has 1 aromatic heterocycles. The Balaban J connectivity index is 2.51. The van der Waals surface area contributed by atoms with Gasteiger partial charge in [-0.15, -0.1) is 0 Å². The first-order valence-corrected chi connectivity index (χ1v) is 7.83. The molecule has 0 fully saturated rings. The Morgan fingerprint density at radius 1 is 1.22 bits per heavy atom. The summed E-state index contributed by atoms with van der Waals surface area (Å²) in [6.07, 6.45) is 2.26. The second-order valence-corrected chi connectivity index (χ2v) is 7.12. The van der Waals surface area contributed by atoms with Crippen molar-refractivity contribution in [3.8, 4) is 0 Å². The van der Waals surface area contributed by atoms with Crippen LogP contribution >= 0.6 is 23.4 Å². The molecule has 0 bridgehead atoms. The van der Waals surface area contributed by atoms with Gasteiger partial charge in [0.05, 0.1) is 10.5 Å². The molecular formula is C15H20ClNS. The number of halogens is 1. The van der Waals surface area contributed by atoms with Gasteiger partial charge in [-0.3, -0.25) is 0 Å². The lowest BCUT2D eigenvalue weighted by molar-refractivity contribution is 0.622. The number of hydrogen-bond acceptors (Lipinski definition) is 1. The molecule has 0 N–H and O–H groups in total. The molecule has 3 heteroatoms. The van der Waals surface area contributed by atoms with Crippen molar-refractivity contribution in [3.05, 3.63) is 35.0 Å². The minimum Gasteiger partial charge on any atom is -0.343 e. The van der Waals surface area contributed by atoms with E-state index in [1.54, 1.807) is 0 Å². The zero-order valence-corrected chi connectivity index (χ0v) is 13.0. The van der Waals surface area contributed by atoms with E-state index < -0.39 is 0 Å². The van der Waals surface area contributed by atoms with E-state index in [9.17, 15) is 0 Å². The van der Waals surface area contributed by atoms with Crippen LogP contribution in [0.5, 0.6) is 0 Å². The number of thioether (sulfide) groups is 1. The van der Waals surface area contributed by atoms with Gasteiger partial charge in [-0.05, 0) is 30.7 Å². The molecule has 0 saturated heterocycles. The summed E-state index contributed by atoms with van der Waals surface area (Å²) in [5.41, 5.74) is 2.56. The second-order valence-electron chi connectivity index (χ2n) is 5.15. The van der Waals surface area contributed by atoms with Crippen molar-refractivity contribution in [2.45, 2.75) is 44.7 Å². The summed E-state index contributed by atoms with van der Waals surface area (Å²) in [5, 5.41) is 2.80. The molecule has 2 aromatic rings. The number of rotatable bonds is 4. The predicted molar refractivity (Wildman–Crippen MR) is 83.8 cm³/mol. The zero-order chi connectivity index (χ0) is 13.3. The first kappa shape index (κ1) is 13.8. The van der Waals surface area contributed by atoms with E-state index in [1.807, 2.05) is 23.9 Å². The molecule has 0 spiro atoms. The average molecular weight is 282 g/mol. The highest BCUT2D eigenvalue weighted by atomic mass is 35.5. The Bertz CT molecular complexity index is 543. The van der Waals surface area contributed by atoms with Crippen LogP contribution in [-0.4, -0.2) is 9.82 Å². The van der Waals surface area contributed by atoms with E-state index in [0.717, 1.165) is 10.8 Å². The van der Waals surface area contributed by atoms with Gasteiger partial charge in [-0.25, -0.2) is 0 Å². The summed E-state index contributed by atoms with van der Waals surface area (Å²) < 4.78 is 2.29. The number of fused-ring (bicyclic) bond motifs is 1. The number of aromatic nitrogens is 1. The minimum atomic E-state index is 0.435. The van der Waals surface area contributed by atoms with Gasteiger partial charge in [-0.2, -0.15) is 11.8 Å². The summed E-state index contributed by atoms with van der Waals surface area (Å²) in [4.78, 5) is 0. The third kappa shape index (κ3) is 2.70. The molecule has 0 atom stereocenters. The smallest absolute Gasteiger partial charge is 0.0675 e. The Morgan fingerprint density at radius 3 is 2.56 bits per heavy atom. The van der Waals surface area contributed by atoms with Gasteiger partial charge >= 0.3 is 0 Å². The first-order valence-electron chi connectivity index (χ1n) is 6.40. The topological polar surface area (TPSA) is 4.93 Å². The summed E-state index contributed by atoms with van der Waals surface area (Å²) >= 11 is 8.33. The van der Waals surface area contributed by atoms with Crippen molar-refractivity contribution in [1.29, 1.82) is 0 Å². The van der Waals surface area contributed by atoms with Gasteiger partial charge in [0.1, 0.15) is 0 Å². The molecule has 0 aliphatic heterocycles. The molecule has 0 aliphatic rings. The molecule has 1 aromatic carbocycles. The van der Waals surface area contributed by atoms with Crippen LogP contribution in [0, 0.1) is 0 Å². The van der Waals surface area contributed by atoms with E-state index >= 15 is 0 Å². The highest BCUT2D eigenvalue weighted by Crippen LogP contribution is 2.32. The Kier molecular flexibility index (Phi) is 4.29. The summed E-state index contributed by atoms with van der Waals surface area (Å²) in [7, 11) is 0. The fourth-order valence-corrected chi connectivity index (χ4v) is 3.13. The van der Waals surface area contributed by atoms with Crippen molar-refractivity contribution in [3.63, 3.8) is 0 Å². The lowest BCUT2D eigenvalue weighted by Gasteiger charge is -2.09. The standard InChI is InChI=1S/C15H20ClNS/c1-10(2)17-8-12(9-18-11(3)4)13-6-5-7-14(16)15(13)17/h5-8,10-11H,9H2,1-4H3. The molecule has 1 heterocycles. The van der Waals surface area contributed by atoms with Gasteiger partial charge in [0, 0.05) is 23.4 Å². The monoisotopic (exact) mass is 281 g/mol. The van der Waals surface area contributed by atoms with Gasteiger partial charge in [0.2, 0.25) is 0 Å². The van der Waals surface area contributed by atoms with Gasteiger partial charge in [-0.1, -0.05) is 37.6 Å². The van der Waals surface area contributed by atoms with E-state index in [-0.39, 0.29) is 0 Å².